The molecule has 2 aromatic heterocycles. The minimum atomic E-state index is -0.897. The number of hydrogen-bond acceptors (Lipinski definition) is 7. The molecule has 10 heteroatoms. The number of amides is 2. The van der Waals surface area contributed by atoms with E-state index in [1.165, 1.54) is 4.90 Å². The first-order valence-electron chi connectivity index (χ1n) is 10.00. The fourth-order valence-corrected chi connectivity index (χ4v) is 3.55. The Hall–Kier alpha value is -4.34. The smallest absolute Gasteiger partial charge is 0.289 e. The average Bonchev–Trinajstić information content (AvgIpc) is 3.25. The summed E-state index contributed by atoms with van der Waals surface area (Å²) >= 11 is 0. The van der Waals surface area contributed by atoms with Crippen molar-refractivity contribution < 1.29 is 14.3 Å². The summed E-state index contributed by atoms with van der Waals surface area (Å²) in [6.45, 7) is -0.0291. The molecule has 4 aromatic rings. The van der Waals surface area contributed by atoms with E-state index in [0.29, 0.717) is 34.7 Å². The molecule has 5 rings (SSSR count). The van der Waals surface area contributed by atoms with Crippen LogP contribution in [0.1, 0.15) is 22.0 Å². The Morgan fingerprint density at radius 2 is 1.91 bits per heavy atom. The molecule has 10 nitrogen and oxygen atoms in total. The maximum absolute atomic E-state index is 13.0. The monoisotopic (exact) mass is 429 g/mol. The van der Waals surface area contributed by atoms with Crippen LogP contribution in [-0.2, 0) is 11.2 Å². The Morgan fingerprint density at radius 1 is 1.16 bits per heavy atom. The number of nitrogens with one attached hydrogen (secondary N) is 2. The molecule has 32 heavy (non-hydrogen) atoms. The van der Waals surface area contributed by atoms with Gasteiger partial charge < -0.3 is 19.9 Å². The molecule has 0 fully saturated rings. The lowest BCUT2D eigenvalue weighted by molar-refractivity contribution is -0.120. The molecule has 0 saturated heterocycles. The number of fused-ring (bicyclic) bond motifs is 2. The highest BCUT2D eigenvalue weighted by molar-refractivity contribution is 6.03. The number of aromatic nitrogens is 5. The molecular formula is C22H19N7O3. The number of hydrogen-bond donors (Lipinski definition) is 2. The van der Waals surface area contributed by atoms with Crippen molar-refractivity contribution in [1.29, 1.82) is 0 Å². The quantitative estimate of drug-likeness (QED) is 0.503. The molecule has 0 spiro atoms. The molecule has 160 valence electrons. The van der Waals surface area contributed by atoms with Crippen molar-refractivity contribution in [2.75, 3.05) is 18.6 Å². The summed E-state index contributed by atoms with van der Waals surface area (Å²) in [6.07, 6.45) is 3.69. The molecule has 3 heterocycles. The van der Waals surface area contributed by atoms with Crippen LogP contribution in [-0.4, -0.2) is 56.7 Å². The number of ether oxygens (including phenoxy) is 1. The third-order valence-corrected chi connectivity index (χ3v) is 5.21. The summed E-state index contributed by atoms with van der Waals surface area (Å²) in [5.74, 6) is 0.236. The van der Waals surface area contributed by atoms with Crippen LogP contribution in [0.2, 0.25) is 0 Å². The van der Waals surface area contributed by atoms with Crippen molar-refractivity contribution in [3.8, 4) is 5.75 Å². The minimum absolute atomic E-state index is 0.0291. The molecule has 2 amide bonds. The minimum Gasteiger partial charge on any atom is -0.489 e. The van der Waals surface area contributed by atoms with Gasteiger partial charge in [0.25, 0.3) is 11.8 Å². The van der Waals surface area contributed by atoms with E-state index >= 15 is 0 Å². The lowest BCUT2D eigenvalue weighted by atomic mass is 10.1. The number of benzene rings is 2. The summed E-state index contributed by atoms with van der Waals surface area (Å²) in [4.78, 5) is 38.6. The largest absolute Gasteiger partial charge is 0.489 e. The van der Waals surface area contributed by atoms with Crippen molar-refractivity contribution in [1.82, 2.24) is 30.5 Å². The molecule has 0 saturated carbocycles. The van der Waals surface area contributed by atoms with Crippen molar-refractivity contribution >= 4 is 28.5 Å². The zero-order chi connectivity index (χ0) is 22.1. The second-order valence-electron chi connectivity index (χ2n) is 7.38. The maximum Gasteiger partial charge on any atom is 0.289 e. The van der Waals surface area contributed by atoms with Gasteiger partial charge in [0.05, 0.1) is 16.7 Å². The lowest BCUT2D eigenvalue weighted by Gasteiger charge is -2.20. The standard InChI is InChI=1S/C22H19N7O3/c1-29-17-10-14-15(24-8-7-23-14)11-18(17)32-12-16(22(29)31)25-21(30)20-26-19(27-28-20)9-13-5-3-2-4-6-13/h2-8,10-11,16H,9,12H2,1H3,(H,25,30)(H,26,27,28). The van der Waals surface area contributed by atoms with Crippen LogP contribution in [0, 0.1) is 0 Å². The predicted molar refractivity (Wildman–Crippen MR) is 115 cm³/mol. The fraction of sp³-hybridized carbons (Fsp3) is 0.182. The summed E-state index contributed by atoms with van der Waals surface area (Å²) in [5.41, 5.74) is 2.90. The number of H-pyrrole nitrogens is 1. The lowest BCUT2D eigenvalue weighted by Crippen LogP contribution is -2.49. The molecular weight excluding hydrogens is 410 g/mol. The molecule has 0 aliphatic carbocycles. The van der Waals surface area contributed by atoms with Gasteiger partial charge in [-0.1, -0.05) is 30.3 Å². The van der Waals surface area contributed by atoms with Gasteiger partial charge in [-0.25, -0.2) is 0 Å². The Morgan fingerprint density at radius 3 is 2.69 bits per heavy atom. The third kappa shape index (κ3) is 3.73. The summed E-state index contributed by atoms with van der Waals surface area (Å²) in [6, 6.07) is 12.3. The van der Waals surface area contributed by atoms with Crippen molar-refractivity contribution in [3.63, 3.8) is 0 Å². The first-order valence-corrected chi connectivity index (χ1v) is 10.00. The Bertz CT molecular complexity index is 1310. The van der Waals surface area contributed by atoms with Crippen LogP contribution < -0.4 is 15.0 Å². The van der Waals surface area contributed by atoms with Gasteiger partial charge in [0.2, 0.25) is 5.82 Å². The van der Waals surface area contributed by atoms with Gasteiger partial charge in [-0.2, -0.15) is 0 Å². The van der Waals surface area contributed by atoms with E-state index in [2.05, 4.69) is 30.5 Å². The topological polar surface area (TPSA) is 126 Å². The number of aromatic amines is 1. The maximum atomic E-state index is 13.0. The van der Waals surface area contributed by atoms with E-state index in [1.54, 1.807) is 31.6 Å². The summed E-state index contributed by atoms with van der Waals surface area (Å²) < 4.78 is 5.84. The molecule has 1 aliphatic heterocycles. The van der Waals surface area contributed by atoms with E-state index in [4.69, 9.17) is 4.74 Å². The van der Waals surface area contributed by atoms with Crippen molar-refractivity contribution in [2.24, 2.45) is 0 Å². The molecule has 2 N–H and O–H groups in total. The van der Waals surface area contributed by atoms with Gasteiger partial charge in [0.1, 0.15) is 24.2 Å². The first kappa shape index (κ1) is 19.6. The van der Waals surface area contributed by atoms with Gasteiger partial charge in [0, 0.05) is 31.9 Å². The summed E-state index contributed by atoms with van der Waals surface area (Å²) in [5, 5.41) is 10.6. The molecule has 1 aliphatic rings. The zero-order valence-corrected chi connectivity index (χ0v) is 17.1. The normalized spacial score (nSPS) is 15.7. The van der Waals surface area contributed by atoms with Crippen LogP contribution in [0.15, 0.2) is 54.9 Å². The third-order valence-electron chi connectivity index (χ3n) is 5.21. The van der Waals surface area contributed by atoms with Gasteiger partial charge >= 0.3 is 0 Å². The number of likely N-dealkylation sites (N-methyl/N-ethyl adjacent to an activating group) is 1. The highest BCUT2D eigenvalue weighted by Crippen LogP contribution is 2.33. The van der Waals surface area contributed by atoms with Crippen LogP contribution in [0.3, 0.4) is 0 Å². The average molecular weight is 429 g/mol. The van der Waals surface area contributed by atoms with E-state index in [-0.39, 0.29) is 18.3 Å². The Kier molecular flexibility index (Phi) is 4.94. The second-order valence-corrected chi connectivity index (χ2v) is 7.38. The predicted octanol–water partition coefficient (Wildman–Crippen LogP) is 1.49. The van der Waals surface area contributed by atoms with Crippen molar-refractivity contribution in [2.45, 2.75) is 12.5 Å². The molecule has 2 aromatic carbocycles. The van der Waals surface area contributed by atoms with Gasteiger partial charge in [-0.05, 0) is 11.6 Å². The number of carbonyl (C=O) groups excluding carboxylic acids is 2. The number of nitrogens with zero attached hydrogens (tertiary/aromatic N) is 5. The van der Waals surface area contributed by atoms with E-state index in [9.17, 15) is 9.59 Å². The SMILES string of the molecule is CN1C(=O)C(NC(=O)c2nnc(Cc3ccccc3)[nH]2)COc2cc3nccnc3cc21. The van der Waals surface area contributed by atoms with Crippen molar-refractivity contribution in [3.05, 3.63) is 72.1 Å². The summed E-state index contributed by atoms with van der Waals surface area (Å²) in [7, 11) is 1.63. The highest BCUT2D eigenvalue weighted by atomic mass is 16.5. The number of carbonyl (C=O) groups is 2. The van der Waals surface area contributed by atoms with Gasteiger partial charge in [-0.3, -0.25) is 19.6 Å². The molecule has 0 bridgehead atoms. The zero-order valence-electron chi connectivity index (χ0n) is 17.1. The van der Waals surface area contributed by atoms with Crippen LogP contribution in [0.4, 0.5) is 5.69 Å². The highest BCUT2D eigenvalue weighted by Gasteiger charge is 2.32. The number of anilines is 1. The number of rotatable bonds is 4. The fourth-order valence-electron chi connectivity index (χ4n) is 3.55. The van der Waals surface area contributed by atoms with Crippen LogP contribution >= 0.6 is 0 Å². The first-order chi connectivity index (χ1) is 15.6. The van der Waals surface area contributed by atoms with E-state index in [0.717, 1.165) is 5.56 Å². The van der Waals surface area contributed by atoms with Crippen LogP contribution in [0.5, 0.6) is 5.75 Å². The Balaban J connectivity index is 1.32. The molecule has 0 radical (unpaired) electrons. The van der Waals surface area contributed by atoms with Crippen LogP contribution in [0.25, 0.3) is 11.0 Å². The Labute approximate surface area is 182 Å². The van der Waals surface area contributed by atoms with E-state index in [1.807, 2.05) is 30.3 Å². The molecule has 1 unspecified atom stereocenters. The second kappa shape index (κ2) is 8.06. The van der Waals surface area contributed by atoms with Gasteiger partial charge in [-0.15, -0.1) is 10.2 Å². The molecule has 1 atom stereocenters. The van der Waals surface area contributed by atoms with E-state index < -0.39 is 11.9 Å². The van der Waals surface area contributed by atoms with Gasteiger partial charge in [0.15, 0.2) is 0 Å².